The van der Waals surface area contributed by atoms with Gasteiger partial charge in [0.25, 0.3) is 0 Å². The molecule has 0 radical (unpaired) electrons. The minimum absolute atomic E-state index is 0.306. The molecule has 18 heavy (non-hydrogen) atoms. The Balaban J connectivity index is 2.47. The number of allylic oxidation sites excluding steroid dienone is 1. The van der Waals surface area contributed by atoms with Gasteiger partial charge in [-0.05, 0) is 44.6 Å². The molecule has 0 saturated heterocycles. The molecular formula is C14H19N3S. The maximum atomic E-state index is 5.07. The highest BCUT2D eigenvalue weighted by Crippen LogP contribution is 2.00. The molecule has 0 amide bonds. The highest BCUT2D eigenvalue weighted by Gasteiger charge is 1.95. The van der Waals surface area contributed by atoms with Gasteiger partial charge in [0.15, 0.2) is 5.11 Å². The van der Waals surface area contributed by atoms with Gasteiger partial charge in [-0.25, -0.2) is 0 Å². The van der Waals surface area contributed by atoms with Crippen molar-refractivity contribution in [2.24, 2.45) is 5.10 Å². The van der Waals surface area contributed by atoms with E-state index in [2.05, 4.69) is 15.8 Å². The van der Waals surface area contributed by atoms with Crippen LogP contribution in [0.4, 0.5) is 0 Å². The minimum Gasteiger partial charge on any atom is -0.359 e. The normalized spacial score (nSPS) is 11.9. The number of hydrazone groups is 1. The standard InChI is InChI=1S/C14H19N3S/c1-11(2)15-14(18)17-16-12(3)9-10-13-7-5-4-6-8-13/h4-11H,1-3H3,(H2,15,17,18)/b10-9+,16-12-. The lowest BCUT2D eigenvalue weighted by atomic mass is 10.2. The Morgan fingerprint density at radius 3 is 2.56 bits per heavy atom. The van der Waals surface area contributed by atoms with Gasteiger partial charge in [-0.1, -0.05) is 36.4 Å². The average molecular weight is 261 g/mol. The summed E-state index contributed by atoms with van der Waals surface area (Å²) in [4.78, 5) is 0. The Morgan fingerprint density at radius 1 is 1.28 bits per heavy atom. The SMILES string of the molecule is CC(/C=C/c1ccccc1)=N/NC(=S)NC(C)C. The highest BCUT2D eigenvalue weighted by molar-refractivity contribution is 7.80. The molecule has 0 aliphatic carbocycles. The van der Waals surface area contributed by atoms with E-state index in [1.165, 1.54) is 0 Å². The Morgan fingerprint density at radius 2 is 1.94 bits per heavy atom. The van der Waals surface area contributed by atoms with Crippen molar-refractivity contribution in [1.82, 2.24) is 10.7 Å². The number of hydrogen-bond donors (Lipinski definition) is 2. The van der Waals surface area contributed by atoms with Gasteiger partial charge in [-0.3, -0.25) is 5.43 Å². The van der Waals surface area contributed by atoms with Crippen molar-refractivity contribution >= 4 is 29.1 Å². The Labute approximate surface area is 114 Å². The summed E-state index contributed by atoms with van der Waals surface area (Å²) in [6.45, 7) is 5.98. The number of thiocarbonyl (C=S) groups is 1. The second-order valence-corrected chi connectivity index (χ2v) is 4.65. The molecule has 1 aromatic rings. The molecule has 0 aliphatic rings. The van der Waals surface area contributed by atoms with Crippen LogP contribution in [0.25, 0.3) is 6.08 Å². The zero-order chi connectivity index (χ0) is 13.4. The average Bonchev–Trinajstić information content (AvgIpc) is 2.34. The first-order chi connectivity index (χ1) is 8.58. The van der Waals surface area contributed by atoms with E-state index in [-0.39, 0.29) is 0 Å². The van der Waals surface area contributed by atoms with E-state index in [0.717, 1.165) is 11.3 Å². The number of hydrogen-bond acceptors (Lipinski definition) is 2. The molecule has 0 heterocycles. The molecule has 4 heteroatoms. The summed E-state index contributed by atoms with van der Waals surface area (Å²) in [6.07, 6.45) is 3.96. The summed E-state index contributed by atoms with van der Waals surface area (Å²) in [7, 11) is 0. The monoisotopic (exact) mass is 261 g/mol. The van der Waals surface area contributed by atoms with Crippen LogP contribution < -0.4 is 10.7 Å². The molecule has 1 rings (SSSR count). The molecule has 96 valence electrons. The van der Waals surface area contributed by atoms with Crippen molar-refractivity contribution in [3.8, 4) is 0 Å². The van der Waals surface area contributed by atoms with E-state index in [1.54, 1.807) is 0 Å². The molecule has 0 aromatic heterocycles. The molecule has 3 nitrogen and oxygen atoms in total. The zero-order valence-corrected chi connectivity index (χ0v) is 11.8. The molecule has 0 atom stereocenters. The van der Waals surface area contributed by atoms with Gasteiger partial charge in [0.2, 0.25) is 0 Å². The number of rotatable bonds is 4. The van der Waals surface area contributed by atoms with E-state index in [4.69, 9.17) is 12.2 Å². The lowest BCUT2D eigenvalue weighted by Gasteiger charge is -2.09. The van der Waals surface area contributed by atoms with Crippen LogP contribution in [-0.4, -0.2) is 16.9 Å². The third kappa shape index (κ3) is 6.15. The van der Waals surface area contributed by atoms with E-state index in [1.807, 2.05) is 63.3 Å². The van der Waals surface area contributed by atoms with Gasteiger partial charge < -0.3 is 5.32 Å². The predicted molar refractivity (Wildman–Crippen MR) is 82.6 cm³/mol. The van der Waals surface area contributed by atoms with Crippen molar-refractivity contribution in [2.45, 2.75) is 26.8 Å². The summed E-state index contributed by atoms with van der Waals surface area (Å²) in [6, 6.07) is 10.4. The lowest BCUT2D eigenvalue weighted by Crippen LogP contribution is -2.37. The van der Waals surface area contributed by atoms with Crippen LogP contribution in [0.1, 0.15) is 26.3 Å². The van der Waals surface area contributed by atoms with Crippen LogP contribution in [0.3, 0.4) is 0 Å². The van der Waals surface area contributed by atoms with Gasteiger partial charge >= 0.3 is 0 Å². The zero-order valence-electron chi connectivity index (χ0n) is 11.0. The van der Waals surface area contributed by atoms with Crippen LogP contribution in [0.15, 0.2) is 41.5 Å². The number of nitrogens with one attached hydrogen (secondary N) is 2. The molecule has 0 bridgehead atoms. The Hall–Kier alpha value is -1.68. The maximum absolute atomic E-state index is 5.07. The molecule has 1 aromatic carbocycles. The fourth-order valence-electron chi connectivity index (χ4n) is 1.25. The smallest absolute Gasteiger partial charge is 0.187 e. The van der Waals surface area contributed by atoms with Crippen molar-refractivity contribution in [2.75, 3.05) is 0 Å². The summed E-state index contributed by atoms with van der Waals surface area (Å²) in [5.41, 5.74) is 4.82. The van der Waals surface area contributed by atoms with Gasteiger partial charge in [0.05, 0.1) is 5.71 Å². The summed E-state index contributed by atoms with van der Waals surface area (Å²) in [5.74, 6) is 0. The van der Waals surface area contributed by atoms with Gasteiger partial charge in [-0.15, -0.1) is 0 Å². The quantitative estimate of drug-likeness (QED) is 0.497. The van der Waals surface area contributed by atoms with Gasteiger partial charge in [-0.2, -0.15) is 5.10 Å². The maximum Gasteiger partial charge on any atom is 0.187 e. The Bertz CT molecular complexity index is 436. The minimum atomic E-state index is 0.306. The Kier molecular flexibility index (Phi) is 6.08. The first-order valence-corrected chi connectivity index (χ1v) is 6.32. The third-order valence-electron chi connectivity index (χ3n) is 2.07. The molecular weight excluding hydrogens is 242 g/mol. The molecule has 2 N–H and O–H groups in total. The predicted octanol–water partition coefficient (Wildman–Crippen LogP) is 2.95. The topological polar surface area (TPSA) is 36.4 Å². The second kappa shape index (κ2) is 7.61. The van der Waals surface area contributed by atoms with Crippen molar-refractivity contribution in [1.29, 1.82) is 0 Å². The molecule has 0 aliphatic heterocycles. The van der Waals surface area contributed by atoms with Crippen molar-refractivity contribution in [3.05, 3.63) is 42.0 Å². The molecule has 0 fully saturated rings. The fourth-order valence-corrected chi connectivity index (χ4v) is 1.53. The third-order valence-corrected chi connectivity index (χ3v) is 2.28. The second-order valence-electron chi connectivity index (χ2n) is 4.24. The van der Waals surface area contributed by atoms with Crippen LogP contribution in [0, 0.1) is 0 Å². The van der Waals surface area contributed by atoms with Crippen molar-refractivity contribution < 1.29 is 0 Å². The van der Waals surface area contributed by atoms with E-state index in [0.29, 0.717) is 11.2 Å². The molecule has 0 spiro atoms. The van der Waals surface area contributed by atoms with E-state index >= 15 is 0 Å². The first-order valence-electron chi connectivity index (χ1n) is 5.92. The van der Waals surface area contributed by atoms with E-state index in [9.17, 15) is 0 Å². The highest BCUT2D eigenvalue weighted by atomic mass is 32.1. The summed E-state index contributed by atoms with van der Waals surface area (Å²) < 4.78 is 0. The van der Waals surface area contributed by atoms with Crippen LogP contribution >= 0.6 is 12.2 Å². The summed E-state index contributed by atoms with van der Waals surface area (Å²) in [5, 5.41) is 7.77. The first kappa shape index (κ1) is 14.4. The number of nitrogens with zero attached hydrogens (tertiary/aromatic N) is 1. The van der Waals surface area contributed by atoms with E-state index < -0.39 is 0 Å². The van der Waals surface area contributed by atoms with Gasteiger partial charge in [0, 0.05) is 6.04 Å². The summed E-state index contributed by atoms with van der Waals surface area (Å²) >= 11 is 5.07. The lowest BCUT2D eigenvalue weighted by molar-refractivity contribution is 0.719. The van der Waals surface area contributed by atoms with Crippen LogP contribution in [0.5, 0.6) is 0 Å². The molecule has 0 unspecified atom stereocenters. The van der Waals surface area contributed by atoms with Gasteiger partial charge in [0.1, 0.15) is 0 Å². The van der Waals surface area contributed by atoms with Crippen LogP contribution in [0.2, 0.25) is 0 Å². The van der Waals surface area contributed by atoms with Crippen molar-refractivity contribution in [3.63, 3.8) is 0 Å². The fraction of sp³-hybridized carbons (Fsp3) is 0.286. The molecule has 0 saturated carbocycles. The van der Waals surface area contributed by atoms with Crippen LogP contribution in [-0.2, 0) is 0 Å². The largest absolute Gasteiger partial charge is 0.359 e. The number of benzene rings is 1.